The predicted molar refractivity (Wildman–Crippen MR) is 119 cm³/mol. The molecule has 0 aliphatic rings. The van der Waals surface area contributed by atoms with Crippen LogP contribution in [0, 0.1) is 10.1 Å². The van der Waals surface area contributed by atoms with Crippen molar-refractivity contribution in [1.82, 2.24) is 0 Å². The van der Waals surface area contributed by atoms with E-state index in [-0.39, 0.29) is 33.1 Å². The van der Waals surface area contributed by atoms with E-state index in [1.165, 1.54) is 30.3 Å². The van der Waals surface area contributed by atoms with Crippen LogP contribution < -0.4 is 19.6 Å². The number of esters is 1. The molecule has 0 fully saturated rings. The lowest BCUT2D eigenvalue weighted by atomic mass is 10.2. The number of hydrogen-bond acceptors (Lipinski definition) is 8. The van der Waals surface area contributed by atoms with Crippen LogP contribution in [-0.4, -0.2) is 18.0 Å². The third-order valence-electron chi connectivity index (χ3n) is 4.59. The Morgan fingerprint density at radius 3 is 2.39 bits per heavy atom. The van der Waals surface area contributed by atoms with E-state index in [1.807, 2.05) is 0 Å². The molecular formula is C23H14ClNO8. The minimum absolute atomic E-state index is 0.0223. The number of nitrogens with zero attached hydrogens (tertiary/aromatic N) is 1. The van der Waals surface area contributed by atoms with Gasteiger partial charge in [-0.05, 0) is 48.5 Å². The average Bonchev–Trinajstić information content (AvgIpc) is 2.81. The Labute approximate surface area is 190 Å². The minimum Gasteiger partial charge on any atom is -0.497 e. The van der Waals surface area contributed by atoms with E-state index in [9.17, 15) is 19.7 Å². The fourth-order valence-electron chi connectivity index (χ4n) is 2.94. The largest absolute Gasteiger partial charge is 0.497 e. The highest BCUT2D eigenvalue weighted by Gasteiger charge is 2.18. The Balaban J connectivity index is 1.56. The van der Waals surface area contributed by atoms with Gasteiger partial charge in [0.15, 0.2) is 0 Å². The number of carbonyl (C=O) groups is 1. The van der Waals surface area contributed by atoms with Gasteiger partial charge in [0.25, 0.3) is 5.69 Å². The fraction of sp³-hybridized carbons (Fsp3) is 0.0435. The second-order valence-corrected chi connectivity index (χ2v) is 7.08. The molecule has 9 nitrogen and oxygen atoms in total. The van der Waals surface area contributed by atoms with Crippen molar-refractivity contribution in [2.45, 2.75) is 0 Å². The van der Waals surface area contributed by atoms with E-state index < -0.39 is 22.0 Å². The third kappa shape index (κ3) is 4.63. The Morgan fingerprint density at radius 2 is 1.70 bits per heavy atom. The lowest BCUT2D eigenvalue weighted by molar-refractivity contribution is -0.384. The maximum Gasteiger partial charge on any atom is 0.343 e. The molecule has 0 spiro atoms. The molecule has 166 valence electrons. The maximum absolute atomic E-state index is 12.8. The molecule has 1 aromatic heterocycles. The topological polar surface area (TPSA) is 118 Å². The molecule has 0 aliphatic carbocycles. The second kappa shape index (κ2) is 9.01. The van der Waals surface area contributed by atoms with Crippen molar-refractivity contribution in [3.63, 3.8) is 0 Å². The fourth-order valence-corrected chi connectivity index (χ4v) is 3.13. The predicted octanol–water partition coefficient (Wildman–Crippen LogP) is 5.37. The van der Waals surface area contributed by atoms with Gasteiger partial charge in [0.05, 0.1) is 23.0 Å². The Morgan fingerprint density at radius 1 is 1.00 bits per heavy atom. The highest BCUT2D eigenvalue weighted by Crippen LogP contribution is 2.28. The molecule has 0 saturated carbocycles. The van der Waals surface area contributed by atoms with Gasteiger partial charge in [-0.2, -0.15) is 0 Å². The van der Waals surface area contributed by atoms with Crippen molar-refractivity contribution in [1.29, 1.82) is 0 Å². The van der Waals surface area contributed by atoms with Crippen LogP contribution >= 0.6 is 11.6 Å². The number of methoxy groups -OCH3 is 1. The van der Waals surface area contributed by atoms with E-state index >= 15 is 0 Å². The summed E-state index contributed by atoms with van der Waals surface area (Å²) in [6.45, 7) is 0. The summed E-state index contributed by atoms with van der Waals surface area (Å²) in [5.41, 5.74) is -0.733. The van der Waals surface area contributed by atoms with Gasteiger partial charge in [0.2, 0.25) is 11.2 Å². The summed E-state index contributed by atoms with van der Waals surface area (Å²) < 4.78 is 21.4. The van der Waals surface area contributed by atoms with Gasteiger partial charge in [-0.3, -0.25) is 14.9 Å². The van der Waals surface area contributed by atoms with Crippen LogP contribution in [0.1, 0.15) is 10.4 Å². The van der Waals surface area contributed by atoms with E-state index in [1.54, 1.807) is 31.4 Å². The summed E-state index contributed by atoms with van der Waals surface area (Å²) in [6, 6.07) is 14.4. The van der Waals surface area contributed by atoms with Gasteiger partial charge in [-0.25, -0.2) is 4.79 Å². The van der Waals surface area contributed by atoms with Gasteiger partial charge in [0.1, 0.15) is 34.1 Å². The molecule has 0 radical (unpaired) electrons. The summed E-state index contributed by atoms with van der Waals surface area (Å²) in [5, 5.41) is 11.1. The first-order chi connectivity index (χ1) is 15.9. The van der Waals surface area contributed by atoms with Gasteiger partial charge >= 0.3 is 5.97 Å². The highest BCUT2D eigenvalue weighted by atomic mass is 35.5. The lowest BCUT2D eigenvalue weighted by Gasteiger charge is -2.08. The number of hydrogen-bond donors (Lipinski definition) is 0. The Bertz CT molecular complexity index is 1430. The second-order valence-electron chi connectivity index (χ2n) is 6.68. The van der Waals surface area contributed by atoms with Crippen LogP contribution in [0.2, 0.25) is 5.02 Å². The number of nitro groups is 1. The first kappa shape index (κ1) is 21.8. The van der Waals surface area contributed by atoms with Gasteiger partial charge in [0, 0.05) is 12.1 Å². The third-order valence-corrected chi connectivity index (χ3v) is 4.91. The van der Waals surface area contributed by atoms with Crippen LogP contribution in [0.15, 0.2) is 76.1 Å². The van der Waals surface area contributed by atoms with Crippen molar-refractivity contribution in [3.8, 4) is 23.0 Å². The van der Waals surface area contributed by atoms with Crippen molar-refractivity contribution in [3.05, 3.63) is 97.9 Å². The molecule has 0 bridgehead atoms. The van der Waals surface area contributed by atoms with E-state index in [4.69, 9.17) is 30.2 Å². The molecular weight excluding hydrogens is 454 g/mol. The van der Waals surface area contributed by atoms with Gasteiger partial charge < -0.3 is 18.6 Å². The quantitative estimate of drug-likeness (QED) is 0.160. The first-order valence-electron chi connectivity index (χ1n) is 9.39. The number of nitro benzene ring substituents is 1. The monoisotopic (exact) mass is 467 g/mol. The Kier molecular flexibility index (Phi) is 5.97. The number of rotatable bonds is 6. The molecule has 0 aliphatic heterocycles. The van der Waals surface area contributed by atoms with E-state index in [0.717, 1.165) is 12.3 Å². The average molecular weight is 468 g/mol. The lowest BCUT2D eigenvalue weighted by Crippen LogP contribution is -2.09. The molecule has 1 heterocycles. The number of carbonyl (C=O) groups excluding carboxylic acids is 1. The van der Waals surface area contributed by atoms with Crippen LogP contribution in [0.25, 0.3) is 11.0 Å². The zero-order valence-corrected chi connectivity index (χ0v) is 17.7. The summed E-state index contributed by atoms with van der Waals surface area (Å²) in [6.07, 6.45) is 1.16. The van der Waals surface area contributed by atoms with Gasteiger partial charge in [-0.1, -0.05) is 11.6 Å². The van der Waals surface area contributed by atoms with Crippen molar-refractivity contribution < 1.29 is 28.3 Å². The zero-order valence-electron chi connectivity index (χ0n) is 16.9. The zero-order chi connectivity index (χ0) is 23.5. The number of fused-ring (bicyclic) bond motifs is 1. The summed E-state index contributed by atoms with van der Waals surface area (Å²) in [5.74, 6) is 0.284. The van der Waals surface area contributed by atoms with Crippen molar-refractivity contribution >= 4 is 34.2 Å². The minimum atomic E-state index is -0.837. The molecule has 4 aromatic rings. The van der Waals surface area contributed by atoms with Crippen molar-refractivity contribution in [2.75, 3.05) is 7.11 Å². The molecule has 33 heavy (non-hydrogen) atoms. The molecule has 0 unspecified atom stereocenters. The Hall–Kier alpha value is -4.37. The van der Waals surface area contributed by atoms with E-state index in [2.05, 4.69) is 0 Å². The highest BCUT2D eigenvalue weighted by molar-refractivity contribution is 6.32. The van der Waals surface area contributed by atoms with Gasteiger partial charge in [-0.15, -0.1) is 0 Å². The van der Waals surface area contributed by atoms with Crippen molar-refractivity contribution in [2.24, 2.45) is 0 Å². The summed E-state index contributed by atoms with van der Waals surface area (Å²) in [7, 11) is 1.54. The summed E-state index contributed by atoms with van der Waals surface area (Å²) >= 11 is 5.76. The SMILES string of the molecule is COc1ccc(Oc2coc3cc(OC(=O)c4ccc(Cl)c([N+](=O)[O-])c4)ccc3c2=O)cc1. The van der Waals surface area contributed by atoms with E-state index in [0.29, 0.717) is 11.5 Å². The smallest absolute Gasteiger partial charge is 0.343 e. The normalized spacial score (nSPS) is 10.6. The molecule has 0 N–H and O–H groups in total. The molecule has 0 amide bonds. The molecule has 3 aromatic carbocycles. The number of ether oxygens (including phenoxy) is 3. The van der Waals surface area contributed by atoms with Crippen LogP contribution in [0.4, 0.5) is 5.69 Å². The van der Waals surface area contributed by atoms with Crippen LogP contribution in [-0.2, 0) is 0 Å². The maximum atomic E-state index is 12.8. The first-order valence-corrected chi connectivity index (χ1v) is 9.77. The standard InChI is InChI=1S/C23H14ClNO8/c1-30-14-3-5-15(6-4-14)32-21-12-31-20-11-16(7-8-17(20)22(21)26)33-23(27)13-2-9-18(24)19(10-13)25(28)29/h2-12H,1H3. The molecule has 0 atom stereocenters. The molecule has 0 saturated heterocycles. The summed E-state index contributed by atoms with van der Waals surface area (Å²) in [4.78, 5) is 35.5. The number of halogens is 1. The van der Waals surface area contributed by atoms with Crippen LogP contribution in [0.5, 0.6) is 23.0 Å². The number of benzene rings is 3. The van der Waals surface area contributed by atoms with Crippen LogP contribution in [0.3, 0.4) is 0 Å². The molecule has 10 heteroatoms. The molecule has 4 rings (SSSR count).